The Morgan fingerprint density at radius 2 is 2.00 bits per heavy atom. The summed E-state index contributed by atoms with van der Waals surface area (Å²) in [5.74, 6) is 0.804. The van der Waals surface area contributed by atoms with Gasteiger partial charge in [0.05, 0.1) is 11.7 Å². The van der Waals surface area contributed by atoms with Gasteiger partial charge in [-0.1, -0.05) is 12.1 Å². The van der Waals surface area contributed by atoms with E-state index >= 15 is 0 Å². The van der Waals surface area contributed by atoms with E-state index in [1.54, 1.807) is 17.1 Å². The number of piperidine rings is 1. The van der Waals surface area contributed by atoms with Gasteiger partial charge in [0.15, 0.2) is 0 Å². The minimum atomic E-state index is -0.138. The lowest BCUT2D eigenvalue weighted by Gasteiger charge is -2.35. The molecule has 0 aliphatic carbocycles. The summed E-state index contributed by atoms with van der Waals surface area (Å²) in [6, 6.07) is 7.59. The first kappa shape index (κ1) is 15.0. The number of para-hydroxylation sites is 1. The summed E-state index contributed by atoms with van der Waals surface area (Å²) in [6.45, 7) is 3.83. The molecule has 1 atom stereocenters. The molecule has 2 aromatic rings. The van der Waals surface area contributed by atoms with E-state index in [9.17, 15) is 4.39 Å². The van der Waals surface area contributed by atoms with E-state index in [0.717, 1.165) is 31.8 Å². The minimum absolute atomic E-state index is 0.138. The molecule has 1 aliphatic heterocycles. The molecule has 1 unspecified atom stereocenters. The van der Waals surface area contributed by atoms with Gasteiger partial charge in [0, 0.05) is 26.2 Å². The smallest absolute Gasteiger partial charge is 0.146 e. The molecule has 3 rings (SSSR count). The number of rotatable bonds is 4. The Bertz CT molecular complexity index is 619. The second kappa shape index (κ2) is 6.44. The average Bonchev–Trinajstić information content (AvgIpc) is 2.95. The summed E-state index contributed by atoms with van der Waals surface area (Å²) in [6.07, 6.45) is 3.57. The fourth-order valence-corrected chi connectivity index (χ4v) is 3.12. The van der Waals surface area contributed by atoms with Crippen LogP contribution >= 0.6 is 0 Å². The second-order valence-corrected chi connectivity index (χ2v) is 5.84. The molecule has 1 saturated heterocycles. The van der Waals surface area contributed by atoms with Crippen molar-refractivity contribution < 1.29 is 4.39 Å². The van der Waals surface area contributed by atoms with Crippen LogP contribution in [0, 0.1) is 5.82 Å². The van der Waals surface area contributed by atoms with Crippen LogP contribution in [0.25, 0.3) is 0 Å². The van der Waals surface area contributed by atoms with Gasteiger partial charge < -0.3 is 10.2 Å². The quantitative estimate of drug-likeness (QED) is 0.941. The summed E-state index contributed by atoms with van der Waals surface area (Å²) in [5.41, 5.74) is 0.710. The zero-order valence-corrected chi connectivity index (χ0v) is 13.0. The molecule has 6 heteroatoms. The zero-order chi connectivity index (χ0) is 15.5. The predicted molar refractivity (Wildman–Crippen MR) is 84.2 cm³/mol. The molecule has 1 N–H and O–H groups in total. The van der Waals surface area contributed by atoms with Crippen LogP contribution in [0.4, 0.5) is 10.1 Å². The van der Waals surface area contributed by atoms with E-state index in [4.69, 9.17) is 0 Å². The molecular weight excluding hydrogens is 281 g/mol. The molecule has 0 spiro atoms. The first-order valence-electron chi connectivity index (χ1n) is 7.74. The number of benzene rings is 1. The largest absolute Gasteiger partial charge is 0.369 e. The number of anilines is 1. The van der Waals surface area contributed by atoms with Gasteiger partial charge >= 0.3 is 0 Å². The van der Waals surface area contributed by atoms with Crippen molar-refractivity contribution in [2.24, 2.45) is 7.05 Å². The lowest BCUT2D eigenvalue weighted by Crippen LogP contribution is -2.44. The number of aromatic nitrogens is 3. The first-order chi connectivity index (χ1) is 10.6. The van der Waals surface area contributed by atoms with E-state index < -0.39 is 0 Å². The van der Waals surface area contributed by atoms with Crippen LogP contribution in [0.2, 0.25) is 0 Å². The number of aryl methyl sites for hydroxylation is 1. The van der Waals surface area contributed by atoms with Gasteiger partial charge in [0.25, 0.3) is 0 Å². The van der Waals surface area contributed by atoms with Gasteiger partial charge in [0.2, 0.25) is 0 Å². The van der Waals surface area contributed by atoms with Crippen molar-refractivity contribution in [1.29, 1.82) is 0 Å². The van der Waals surface area contributed by atoms with E-state index in [1.165, 1.54) is 6.07 Å². The SMILES string of the molecule is CC(NC1CCN(c2ccccc2F)CC1)c1ncnn1C. The van der Waals surface area contributed by atoms with Crippen molar-refractivity contribution >= 4 is 5.69 Å². The molecule has 0 amide bonds. The van der Waals surface area contributed by atoms with Crippen molar-refractivity contribution in [3.05, 3.63) is 42.2 Å². The van der Waals surface area contributed by atoms with E-state index in [2.05, 4.69) is 27.2 Å². The molecule has 118 valence electrons. The van der Waals surface area contributed by atoms with Crippen LogP contribution in [0.1, 0.15) is 31.6 Å². The summed E-state index contributed by atoms with van der Waals surface area (Å²) in [4.78, 5) is 6.41. The maximum absolute atomic E-state index is 13.8. The normalized spacial score (nSPS) is 17.7. The zero-order valence-electron chi connectivity index (χ0n) is 13.0. The van der Waals surface area contributed by atoms with Gasteiger partial charge in [-0.3, -0.25) is 4.68 Å². The maximum Gasteiger partial charge on any atom is 0.146 e. The van der Waals surface area contributed by atoms with E-state index in [0.29, 0.717) is 11.7 Å². The van der Waals surface area contributed by atoms with Crippen molar-refractivity contribution in [3.63, 3.8) is 0 Å². The molecule has 0 saturated carbocycles. The average molecular weight is 303 g/mol. The van der Waals surface area contributed by atoms with E-state index in [1.807, 2.05) is 19.2 Å². The molecule has 1 aromatic heterocycles. The Labute approximate surface area is 130 Å². The van der Waals surface area contributed by atoms with Crippen molar-refractivity contribution in [2.45, 2.75) is 31.8 Å². The molecule has 0 radical (unpaired) electrons. The molecule has 22 heavy (non-hydrogen) atoms. The Hall–Kier alpha value is -1.95. The first-order valence-corrected chi connectivity index (χ1v) is 7.74. The van der Waals surface area contributed by atoms with Crippen LogP contribution < -0.4 is 10.2 Å². The number of halogens is 1. The van der Waals surface area contributed by atoms with Crippen LogP contribution in [0.5, 0.6) is 0 Å². The Kier molecular flexibility index (Phi) is 4.38. The number of hydrogen-bond donors (Lipinski definition) is 1. The summed E-state index contributed by atoms with van der Waals surface area (Å²) >= 11 is 0. The fourth-order valence-electron chi connectivity index (χ4n) is 3.12. The molecular formula is C16H22FN5. The van der Waals surface area contributed by atoms with Crippen molar-refractivity contribution in [2.75, 3.05) is 18.0 Å². The lowest BCUT2D eigenvalue weighted by molar-refractivity contribution is 0.367. The highest BCUT2D eigenvalue weighted by atomic mass is 19.1. The molecule has 1 fully saturated rings. The molecule has 1 aromatic carbocycles. The fraction of sp³-hybridized carbons (Fsp3) is 0.500. The third kappa shape index (κ3) is 3.11. The second-order valence-electron chi connectivity index (χ2n) is 5.84. The Balaban J connectivity index is 1.56. The third-order valence-electron chi connectivity index (χ3n) is 4.31. The van der Waals surface area contributed by atoms with Crippen molar-refractivity contribution in [1.82, 2.24) is 20.1 Å². The maximum atomic E-state index is 13.8. The number of nitrogens with one attached hydrogen (secondary N) is 1. The molecule has 1 aliphatic rings. The third-order valence-corrected chi connectivity index (χ3v) is 4.31. The topological polar surface area (TPSA) is 46.0 Å². The molecule has 0 bridgehead atoms. The number of nitrogens with zero attached hydrogens (tertiary/aromatic N) is 4. The predicted octanol–water partition coefficient (Wildman–Crippen LogP) is 2.27. The molecule has 5 nitrogen and oxygen atoms in total. The van der Waals surface area contributed by atoms with Crippen LogP contribution in [-0.4, -0.2) is 33.9 Å². The summed E-state index contributed by atoms with van der Waals surface area (Å²) < 4.78 is 15.6. The highest BCUT2D eigenvalue weighted by Crippen LogP contribution is 2.23. The number of hydrogen-bond acceptors (Lipinski definition) is 4. The molecule has 2 heterocycles. The van der Waals surface area contributed by atoms with Crippen molar-refractivity contribution in [3.8, 4) is 0 Å². The van der Waals surface area contributed by atoms with Gasteiger partial charge in [-0.2, -0.15) is 5.10 Å². The van der Waals surface area contributed by atoms with Gasteiger partial charge in [-0.05, 0) is 31.9 Å². The minimum Gasteiger partial charge on any atom is -0.369 e. The van der Waals surface area contributed by atoms with Gasteiger partial charge in [0.1, 0.15) is 18.0 Å². The summed E-state index contributed by atoms with van der Waals surface area (Å²) in [5, 5.41) is 7.71. The Morgan fingerprint density at radius 1 is 1.27 bits per heavy atom. The highest BCUT2D eigenvalue weighted by molar-refractivity contribution is 5.47. The highest BCUT2D eigenvalue weighted by Gasteiger charge is 2.23. The summed E-state index contributed by atoms with van der Waals surface area (Å²) in [7, 11) is 1.90. The Morgan fingerprint density at radius 3 is 2.64 bits per heavy atom. The monoisotopic (exact) mass is 303 g/mol. The van der Waals surface area contributed by atoms with Crippen LogP contribution in [0.3, 0.4) is 0 Å². The van der Waals surface area contributed by atoms with E-state index in [-0.39, 0.29) is 11.9 Å². The van der Waals surface area contributed by atoms with Crippen LogP contribution in [-0.2, 0) is 7.05 Å². The van der Waals surface area contributed by atoms with Crippen LogP contribution in [0.15, 0.2) is 30.6 Å². The van der Waals surface area contributed by atoms with Gasteiger partial charge in [-0.15, -0.1) is 0 Å². The lowest BCUT2D eigenvalue weighted by atomic mass is 10.0. The standard InChI is InChI=1S/C16H22FN5/c1-12(16-18-11-19-21(16)2)20-13-7-9-22(10-8-13)15-6-4-3-5-14(15)17/h3-6,11-13,20H,7-10H2,1-2H3. The van der Waals surface area contributed by atoms with Gasteiger partial charge in [-0.25, -0.2) is 9.37 Å².